The molecule has 0 amide bonds. The van der Waals surface area contributed by atoms with Crippen molar-refractivity contribution < 1.29 is 4.39 Å². The number of nitrogens with zero attached hydrogens (tertiary/aromatic N) is 3. The summed E-state index contributed by atoms with van der Waals surface area (Å²) in [6.07, 6.45) is 4.50. The van der Waals surface area contributed by atoms with Crippen LogP contribution in [0.15, 0.2) is 35.6 Å². The minimum Gasteiger partial charge on any atom is -0.356 e. The highest BCUT2D eigenvalue weighted by Gasteiger charge is 2.08. The minimum absolute atomic E-state index is 0.266. The molecule has 0 atom stereocenters. The topological polar surface area (TPSA) is 54.2 Å². The zero-order valence-corrected chi connectivity index (χ0v) is 14.8. The van der Waals surface area contributed by atoms with Gasteiger partial charge < -0.3 is 15.2 Å². The lowest BCUT2D eigenvalue weighted by molar-refractivity contribution is 0.573. The number of halogens is 1. The number of aromatic nitrogens is 2. The molecule has 0 fully saturated rings. The van der Waals surface area contributed by atoms with Crippen LogP contribution in [0.4, 0.5) is 4.39 Å². The average molecular weight is 331 g/mol. The van der Waals surface area contributed by atoms with E-state index in [1.165, 1.54) is 0 Å². The Kier molecular flexibility index (Phi) is 6.35. The summed E-state index contributed by atoms with van der Waals surface area (Å²) >= 11 is 0. The van der Waals surface area contributed by atoms with Crippen molar-refractivity contribution >= 4 is 5.96 Å². The van der Waals surface area contributed by atoms with Crippen molar-refractivity contribution in [3.8, 4) is 5.69 Å². The van der Waals surface area contributed by atoms with Gasteiger partial charge in [-0.25, -0.2) is 9.37 Å². The van der Waals surface area contributed by atoms with Gasteiger partial charge in [-0.1, -0.05) is 19.9 Å². The number of guanidine groups is 1. The van der Waals surface area contributed by atoms with Gasteiger partial charge in [0.25, 0.3) is 0 Å². The van der Waals surface area contributed by atoms with Crippen LogP contribution in [-0.4, -0.2) is 29.1 Å². The predicted molar refractivity (Wildman–Crippen MR) is 95.9 cm³/mol. The first-order chi connectivity index (χ1) is 11.5. The molecule has 2 aromatic rings. The van der Waals surface area contributed by atoms with Crippen molar-refractivity contribution in [3.63, 3.8) is 0 Å². The van der Waals surface area contributed by atoms with Crippen molar-refractivity contribution in [1.82, 2.24) is 20.2 Å². The zero-order valence-electron chi connectivity index (χ0n) is 14.8. The van der Waals surface area contributed by atoms with E-state index < -0.39 is 0 Å². The van der Waals surface area contributed by atoms with Crippen LogP contribution in [0.25, 0.3) is 5.69 Å². The Hall–Kier alpha value is -2.37. The Bertz CT molecular complexity index is 690. The van der Waals surface area contributed by atoms with Crippen molar-refractivity contribution in [2.24, 2.45) is 10.9 Å². The lowest BCUT2D eigenvalue weighted by atomic mass is 10.1. The van der Waals surface area contributed by atoms with Gasteiger partial charge in [-0.3, -0.25) is 4.99 Å². The maximum absolute atomic E-state index is 14.4. The number of hydrogen-bond acceptors (Lipinski definition) is 2. The second-order valence-electron chi connectivity index (χ2n) is 6.17. The molecule has 0 spiro atoms. The van der Waals surface area contributed by atoms with Gasteiger partial charge in [-0.15, -0.1) is 0 Å². The maximum atomic E-state index is 14.4. The van der Waals surface area contributed by atoms with E-state index in [1.54, 1.807) is 36.1 Å². The fraction of sp³-hybridized carbons (Fsp3) is 0.444. The largest absolute Gasteiger partial charge is 0.356 e. The molecule has 2 rings (SSSR count). The van der Waals surface area contributed by atoms with Gasteiger partial charge in [-0.2, -0.15) is 0 Å². The first kappa shape index (κ1) is 18.0. The second-order valence-corrected chi connectivity index (χ2v) is 6.17. The molecule has 0 saturated heterocycles. The number of aliphatic imine (C=N–C) groups is 1. The molecule has 1 aromatic carbocycles. The fourth-order valence-electron chi connectivity index (χ4n) is 2.37. The SMILES string of the molecule is CN=C(NCCC(C)C)NCc1ccc(-n2ccnc2C)c(F)c1. The molecule has 24 heavy (non-hydrogen) atoms. The Morgan fingerprint density at radius 2 is 2.12 bits per heavy atom. The fourth-order valence-corrected chi connectivity index (χ4v) is 2.37. The van der Waals surface area contributed by atoms with Gasteiger partial charge >= 0.3 is 0 Å². The number of imidazole rings is 1. The lowest BCUT2D eigenvalue weighted by Gasteiger charge is -2.13. The summed E-state index contributed by atoms with van der Waals surface area (Å²) in [5, 5.41) is 6.46. The summed E-state index contributed by atoms with van der Waals surface area (Å²) in [7, 11) is 1.73. The number of nitrogens with one attached hydrogen (secondary N) is 2. The Morgan fingerprint density at radius 1 is 1.33 bits per heavy atom. The molecule has 0 aliphatic rings. The van der Waals surface area contributed by atoms with Crippen LogP contribution < -0.4 is 10.6 Å². The van der Waals surface area contributed by atoms with Crippen LogP contribution in [0.3, 0.4) is 0 Å². The highest BCUT2D eigenvalue weighted by Crippen LogP contribution is 2.16. The van der Waals surface area contributed by atoms with Crippen LogP contribution in [0.2, 0.25) is 0 Å². The van der Waals surface area contributed by atoms with Crippen LogP contribution in [0.5, 0.6) is 0 Å². The average Bonchev–Trinajstić information content (AvgIpc) is 2.96. The highest BCUT2D eigenvalue weighted by molar-refractivity contribution is 5.79. The molecule has 0 radical (unpaired) electrons. The van der Waals surface area contributed by atoms with Crippen molar-refractivity contribution in [1.29, 1.82) is 0 Å². The molecule has 1 heterocycles. The third-order valence-electron chi connectivity index (χ3n) is 3.80. The molecule has 0 bridgehead atoms. The third-order valence-corrected chi connectivity index (χ3v) is 3.80. The van der Waals surface area contributed by atoms with E-state index in [9.17, 15) is 4.39 Å². The molecule has 0 saturated carbocycles. The monoisotopic (exact) mass is 331 g/mol. The van der Waals surface area contributed by atoms with Gasteiger partial charge in [0, 0.05) is 32.5 Å². The van der Waals surface area contributed by atoms with E-state index in [-0.39, 0.29) is 5.82 Å². The molecule has 0 unspecified atom stereocenters. The van der Waals surface area contributed by atoms with Crippen molar-refractivity contribution in [3.05, 3.63) is 47.8 Å². The number of aryl methyl sites for hydroxylation is 1. The van der Waals surface area contributed by atoms with E-state index in [0.717, 1.165) is 30.3 Å². The quantitative estimate of drug-likeness (QED) is 0.632. The van der Waals surface area contributed by atoms with Gasteiger partial charge in [0.1, 0.15) is 11.6 Å². The number of hydrogen-bond donors (Lipinski definition) is 2. The smallest absolute Gasteiger partial charge is 0.191 e. The third kappa shape index (κ3) is 4.81. The molecule has 130 valence electrons. The molecule has 2 N–H and O–H groups in total. The van der Waals surface area contributed by atoms with E-state index in [1.807, 2.05) is 13.0 Å². The van der Waals surface area contributed by atoms with Crippen molar-refractivity contribution in [2.75, 3.05) is 13.6 Å². The molecule has 6 heteroatoms. The minimum atomic E-state index is -0.266. The Morgan fingerprint density at radius 3 is 2.71 bits per heavy atom. The standard InChI is InChI=1S/C18H26FN5/c1-13(2)7-8-22-18(20-4)23-12-15-5-6-17(16(19)11-15)24-10-9-21-14(24)3/h5-6,9-11,13H,7-8,12H2,1-4H3,(H2,20,22,23). The molecule has 0 aliphatic heterocycles. The van der Waals surface area contributed by atoms with Crippen LogP contribution in [0.1, 0.15) is 31.7 Å². The van der Waals surface area contributed by atoms with E-state index in [2.05, 4.69) is 34.5 Å². The summed E-state index contributed by atoms with van der Waals surface area (Å²) in [6, 6.07) is 5.23. The lowest BCUT2D eigenvalue weighted by Crippen LogP contribution is -2.37. The van der Waals surface area contributed by atoms with Gasteiger partial charge in [0.2, 0.25) is 0 Å². The molecule has 5 nitrogen and oxygen atoms in total. The summed E-state index contributed by atoms with van der Waals surface area (Å²) in [6.45, 7) is 7.60. The molecule has 0 aliphatic carbocycles. The summed E-state index contributed by atoms with van der Waals surface area (Å²) in [5.74, 6) is 1.86. The Labute approximate surface area is 143 Å². The predicted octanol–water partition coefficient (Wildman–Crippen LogP) is 3.03. The summed E-state index contributed by atoms with van der Waals surface area (Å²) in [4.78, 5) is 8.31. The molecule has 1 aromatic heterocycles. The van der Waals surface area contributed by atoms with Gasteiger partial charge in [0.15, 0.2) is 5.96 Å². The van der Waals surface area contributed by atoms with E-state index in [4.69, 9.17) is 0 Å². The second kappa shape index (κ2) is 8.47. The van der Waals surface area contributed by atoms with E-state index in [0.29, 0.717) is 18.2 Å². The first-order valence-corrected chi connectivity index (χ1v) is 8.24. The molecular formula is C18H26FN5. The maximum Gasteiger partial charge on any atom is 0.191 e. The van der Waals surface area contributed by atoms with Crippen molar-refractivity contribution in [2.45, 2.75) is 33.7 Å². The number of rotatable bonds is 6. The van der Waals surface area contributed by atoms with Crippen LogP contribution >= 0.6 is 0 Å². The van der Waals surface area contributed by atoms with Gasteiger partial charge in [0.05, 0.1) is 5.69 Å². The Balaban J connectivity index is 1.96. The normalized spacial score (nSPS) is 11.8. The molecular weight excluding hydrogens is 305 g/mol. The van der Waals surface area contributed by atoms with Gasteiger partial charge in [-0.05, 0) is 37.0 Å². The highest BCUT2D eigenvalue weighted by atomic mass is 19.1. The van der Waals surface area contributed by atoms with Crippen LogP contribution in [-0.2, 0) is 6.54 Å². The number of benzene rings is 1. The zero-order chi connectivity index (χ0) is 17.5. The first-order valence-electron chi connectivity index (χ1n) is 8.24. The summed E-state index contributed by atoms with van der Waals surface area (Å²) in [5.41, 5.74) is 1.37. The van der Waals surface area contributed by atoms with Crippen LogP contribution in [0, 0.1) is 18.7 Å². The summed E-state index contributed by atoms with van der Waals surface area (Å²) < 4.78 is 16.1. The van der Waals surface area contributed by atoms with E-state index >= 15 is 0 Å².